The molecule has 0 fully saturated rings. The maximum absolute atomic E-state index is 2.74. The first-order valence-corrected chi connectivity index (χ1v) is 23.9. The van der Waals surface area contributed by atoms with Crippen LogP contribution in [0.3, 0.4) is 0 Å². The third-order valence-corrected chi connectivity index (χ3v) is 19.4. The Balaban J connectivity index is 1.20. The van der Waals surface area contributed by atoms with Gasteiger partial charge in [0, 0.05) is 26.9 Å². The molecule has 60 heavy (non-hydrogen) atoms. The number of anilines is 3. The molecule has 3 heterocycles. The summed E-state index contributed by atoms with van der Waals surface area (Å²) in [6.45, 7) is 6.98. The van der Waals surface area contributed by atoms with Gasteiger partial charge in [-0.3, -0.25) is 0 Å². The molecule has 9 aromatic carbocycles. The van der Waals surface area contributed by atoms with E-state index in [4.69, 9.17) is 0 Å². The van der Waals surface area contributed by atoms with Crippen molar-refractivity contribution < 1.29 is 0 Å². The lowest BCUT2D eigenvalue weighted by Gasteiger charge is -2.41. The van der Waals surface area contributed by atoms with Crippen LogP contribution in [0.2, 0.25) is 0 Å². The maximum Gasteiger partial charge on any atom is 0.249 e. The molecule has 0 aliphatic carbocycles. The van der Waals surface area contributed by atoms with E-state index in [1.807, 2.05) is 11.8 Å². The molecule has 4 heteroatoms. The van der Waals surface area contributed by atoms with Crippen LogP contribution >= 0.6 is 11.8 Å². The molecule has 0 unspecified atom stereocenters. The Kier molecular flexibility index (Phi) is 7.92. The summed E-state index contributed by atoms with van der Waals surface area (Å²) in [6.07, 6.45) is 0. The van der Waals surface area contributed by atoms with Crippen molar-refractivity contribution >= 4 is 91.5 Å². The zero-order chi connectivity index (χ0) is 40.2. The second kappa shape index (κ2) is 13.3. The van der Waals surface area contributed by atoms with Crippen LogP contribution in [0.25, 0.3) is 33.0 Å². The molecule has 9 aromatic rings. The molecule has 0 aromatic heterocycles. The summed E-state index contributed by atoms with van der Waals surface area (Å²) in [7, 11) is -2.74. The third kappa shape index (κ3) is 5.14. The fourth-order valence-electron chi connectivity index (χ4n) is 10.6. The van der Waals surface area contributed by atoms with Crippen molar-refractivity contribution in [1.29, 1.82) is 0 Å². The summed E-state index contributed by atoms with van der Waals surface area (Å²) in [6, 6.07) is 76.5. The molecular formula is C56H42BNSSi. The number of rotatable bonds is 4. The molecular weight excluding hydrogens is 758 g/mol. The predicted octanol–water partition coefficient (Wildman–Crippen LogP) is 9.93. The van der Waals surface area contributed by atoms with Crippen molar-refractivity contribution in [3.05, 3.63) is 206 Å². The van der Waals surface area contributed by atoms with Crippen LogP contribution in [0.1, 0.15) is 26.3 Å². The second-order valence-electron chi connectivity index (χ2n) is 17.6. The minimum atomic E-state index is -2.74. The van der Waals surface area contributed by atoms with E-state index in [1.165, 1.54) is 103 Å². The van der Waals surface area contributed by atoms with Crippen LogP contribution in [0, 0.1) is 0 Å². The van der Waals surface area contributed by atoms with E-state index in [0.29, 0.717) is 0 Å². The Labute approximate surface area is 358 Å². The Morgan fingerprint density at radius 3 is 1.90 bits per heavy atom. The highest BCUT2D eigenvalue weighted by atomic mass is 32.2. The second-order valence-corrected chi connectivity index (χ2v) is 22.4. The van der Waals surface area contributed by atoms with Gasteiger partial charge in [0.2, 0.25) is 6.71 Å². The lowest BCUT2D eigenvalue weighted by Crippen LogP contribution is -2.73. The first-order chi connectivity index (χ1) is 29.4. The first-order valence-electron chi connectivity index (χ1n) is 21.1. The zero-order valence-electron chi connectivity index (χ0n) is 34.0. The van der Waals surface area contributed by atoms with Crippen LogP contribution in [0.4, 0.5) is 17.1 Å². The van der Waals surface area contributed by atoms with E-state index in [9.17, 15) is 0 Å². The first kappa shape index (κ1) is 35.6. The summed E-state index contributed by atoms with van der Waals surface area (Å²) in [5, 5.41) is 8.34. The summed E-state index contributed by atoms with van der Waals surface area (Å²) >= 11 is 1.93. The Bertz CT molecular complexity index is 3130. The van der Waals surface area contributed by atoms with Gasteiger partial charge in [-0.15, -0.1) is 0 Å². The lowest BCUT2D eigenvalue weighted by molar-refractivity contribution is 0.590. The number of benzene rings is 9. The molecule has 0 bridgehead atoms. The molecule has 12 rings (SSSR count). The Morgan fingerprint density at radius 1 is 0.483 bits per heavy atom. The molecule has 1 nitrogen and oxygen atoms in total. The van der Waals surface area contributed by atoms with Gasteiger partial charge in [-0.25, -0.2) is 0 Å². The molecule has 3 aliphatic rings. The van der Waals surface area contributed by atoms with E-state index >= 15 is 0 Å². The van der Waals surface area contributed by atoms with Crippen LogP contribution in [-0.2, 0) is 5.41 Å². The number of fused-ring (bicyclic) bond motifs is 8. The zero-order valence-corrected chi connectivity index (χ0v) is 35.8. The highest BCUT2D eigenvalue weighted by molar-refractivity contribution is 8.00. The molecule has 284 valence electrons. The van der Waals surface area contributed by atoms with Crippen molar-refractivity contribution in [2.24, 2.45) is 0 Å². The number of hydrogen-bond donors (Lipinski definition) is 0. The number of hydrogen-bond acceptors (Lipinski definition) is 2. The van der Waals surface area contributed by atoms with Crippen LogP contribution in [0.5, 0.6) is 0 Å². The summed E-state index contributed by atoms with van der Waals surface area (Å²) in [5.74, 6) is 0. The maximum atomic E-state index is 2.68. The fraction of sp³-hybridized carbons (Fsp3) is 0.0714. The van der Waals surface area contributed by atoms with E-state index < -0.39 is 8.07 Å². The molecule has 0 atom stereocenters. The number of nitrogens with zero attached hydrogens (tertiary/aromatic N) is 1. The smallest absolute Gasteiger partial charge is 0.249 e. The average molecular weight is 800 g/mol. The average Bonchev–Trinajstić information content (AvgIpc) is 3.58. The van der Waals surface area contributed by atoms with Gasteiger partial charge in [0.1, 0.15) is 0 Å². The van der Waals surface area contributed by atoms with Gasteiger partial charge >= 0.3 is 0 Å². The molecule has 0 amide bonds. The largest absolute Gasteiger partial charge is 0.311 e. The van der Waals surface area contributed by atoms with Crippen LogP contribution in [0.15, 0.2) is 210 Å². The van der Waals surface area contributed by atoms with Crippen molar-refractivity contribution in [1.82, 2.24) is 0 Å². The predicted molar refractivity (Wildman–Crippen MR) is 261 cm³/mol. The van der Waals surface area contributed by atoms with Crippen molar-refractivity contribution in [2.45, 2.75) is 36.0 Å². The quantitative estimate of drug-likeness (QED) is 0.163. The van der Waals surface area contributed by atoms with Crippen LogP contribution < -0.4 is 42.0 Å². The molecule has 3 aliphatic heterocycles. The molecule has 0 N–H and O–H groups in total. The lowest BCUT2D eigenvalue weighted by atomic mass is 9.34. The van der Waals surface area contributed by atoms with Gasteiger partial charge in [0.05, 0.1) is 0 Å². The monoisotopic (exact) mass is 799 g/mol. The standard InChI is InChI=1S/C56H42BNSSi/c1-56(2,3)39-29-31-40(32-30-39)58-49-35-46-45-24-12-15-28-53(45)60(41-19-6-4-7-20-41,42-21-8-5-9-22-42)54(46)36-48(49)57-47-26-13-14-27-51(47)59-52-34-38(33-50(58)55(52)57)44-25-16-18-37-17-10-11-23-43(37)44/h4-36H,1-3H3. The van der Waals surface area contributed by atoms with E-state index in [2.05, 4.69) is 226 Å². The Hall–Kier alpha value is -6.33. The molecule has 0 radical (unpaired) electrons. The highest BCUT2D eigenvalue weighted by Crippen LogP contribution is 2.46. The van der Waals surface area contributed by atoms with Crippen LogP contribution in [-0.4, -0.2) is 14.8 Å². The van der Waals surface area contributed by atoms with Gasteiger partial charge in [-0.1, -0.05) is 202 Å². The molecule has 0 saturated heterocycles. The van der Waals surface area contributed by atoms with E-state index in [0.717, 1.165) is 0 Å². The van der Waals surface area contributed by atoms with Gasteiger partial charge < -0.3 is 4.90 Å². The minimum Gasteiger partial charge on any atom is -0.311 e. The van der Waals surface area contributed by atoms with Crippen molar-refractivity contribution in [3.63, 3.8) is 0 Å². The topological polar surface area (TPSA) is 3.24 Å². The van der Waals surface area contributed by atoms with E-state index in [1.54, 1.807) is 0 Å². The minimum absolute atomic E-state index is 0.0462. The van der Waals surface area contributed by atoms with Gasteiger partial charge in [-0.2, -0.15) is 0 Å². The third-order valence-electron chi connectivity index (χ3n) is 13.3. The summed E-state index contributed by atoms with van der Waals surface area (Å²) in [4.78, 5) is 5.28. The highest BCUT2D eigenvalue weighted by Gasteiger charge is 2.51. The van der Waals surface area contributed by atoms with Crippen molar-refractivity contribution in [3.8, 4) is 22.3 Å². The molecule has 0 spiro atoms. The molecule has 0 saturated carbocycles. The van der Waals surface area contributed by atoms with Crippen molar-refractivity contribution in [2.75, 3.05) is 4.90 Å². The SMILES string of the molecule is CC(C)(C)c1ccc(N2c3cc4c(cc3B3c5ccccc5Sc5cc(-c6cccc7ccccc67)cc2c53)[Si](c2ccccc2)(c2ccccc2)c2ccccc2-4)cc1. The van der Waals surface area contributed by atoms with Gasteiger partial charge in [0.25, 0.3) is 0 Å². The summed E-state index contributed by atoms with van der Waals surface area (Å²) < 4.78 is 0. The normalized spacial score (nSPS) is 14.2. The Morgan fingerprint density at radius 2 is 1.13 bits per heavy atom. The summed E-state index contributed by atoms with van der Waals surface area (Å²) in [5.41, 5.74) is 14.5. The fourth-order valence-corrected chi connectivity index (χ4v) is 17.1. The van der Waals surface area contributed by atoms with E-state index in [-0.39, 0.29) is 12.1 Å². The van der Waals surface area contributed by atoms with Gasteiger partial charge in [0.15, 0.2) is 8.07 Å². The van der Waals surface area contributed by atoms with Gasteiger partial charge in [-0.05, 0) is 112 Å².